The van der Waals surface area contributed by atoms with Crippen LogP contribution in [0.4, 0.5) is 8.78 Å². The number of pyridine rings is 1. The lowest BCUT2D eigenvalue weighted by Crippen LogP contribution is -2.25. The van der Waals surface area contributed by atoms with Crippen LogP contribution in [0.15, 0.2) is 36.5 Å². The minimum Gasteiger partial charge on any atom is -0.351 e. The van der Waals surface area contributed by atoms with Crippen molar-refractivity contribution in [2.45, 2.75) is 20.0 Å². The Kier molecular flexibility index (Phi) is 5.35. The number of carbonyl (C=O) groups is 2. The summed E-state index contributed by atoms with van der Waals surface area (Å²) in [4.78, 5) is 27.0. The van der Waals surface area contributed by atoms with Crippen molar-refractivity contribution in [3.8, 4) is 0 Å². The highest BCUT2D eigenvalue weighted by molar-refractivity contribution is 5.94. The van der Waals surface area contributed by atoms with E-state index in [-0.39, 0.29) is 30.1 Å². The molecule has 2 aromatic rings. The van der Waals surface area contributed by atoms with Crippen molar-refractivity contribution >= 4 is 11.8 Å². The lowest BCUT2D eigenvalue weighted by molar-refractivity contribution is -0.119. The van der Waals surface area contributed by atoms with Crippen LogP contribution in [0.5, 0.6) is 0 Å². The highest BCUT2D eigenvalue weighted by Gasteiger charge is 2.11. The fourth-order valence-electron chi connectivity index (χ4n) is 1.90. The number of rotatable bonds is 5. The maximum Gasteiger partial charge on any atom is 0.251 e. The SMILES string of the molecule is CC(=O)NCc1cc(C(=O)NCc2c(F)cccc2F)ccn1. The van der Waals surface area contributed by atoms with Crippen LogP contribution in [0.25, 0.3) is 0 Å². The van der Waals surface area contributed by atoms with Gasteiger partial charge in [0.25, 0.3) is 5.91 Å². The van der Waals surface area contributed by atoms with Crippen LogP contribution >= 0.6 is 0 Å². The lowest BCUT2D eigenvalue weighted by atomic mass is 10.1. The van der Waals surface area contributed by atoms with Crippen molar-refractivity contribution in [1.29, 1.82) is 0 Å². The molecule has 2 amide bonds. The Morgan fingerprint density at radius 2 is 1.78 bits per heavy atom. The van der Waals surface area contributed by atoms with Crippen LogP contribution < -0.4 is 10.6 Å². The third kappa shape index (κ3) is 4.57. The third-order valence-electron chi connectivity index (χ3n) is 3.08. The quantitative estimate of drug-likeness (QED) is 0.884. The lowest BCUT2D eigenvalue weighted by Gasteiger charge is -2.08. The van der Waals surface area contributed by atoms with Gasteiger partial charge in [0.2, 0.25) is 5.91 Å². The second kappa shape index (κ2) is 7.44. The summed E-state index contributed by atoms with van der Waals surface area (Å²) >= 11 is 0. The summed E-state index contributed by atoms with van der Waals surface area (Å²) in [6, 6.07) is 6.49. The fraction of sp³-hybridized carbons (Fsp3) is 0.188. The van der Waals surface area contributed by atoms with Gasteiger partial charge in [-0.05, 0) is 24.3 Å². The van der Waals surface area contributed by atoms with E-state index in [0.29, 0.717) is 5.69 Å². The van der Waals surface area contributed by atoms with Crippen LogP contribution in [0.1, 0.15) is 28.5 Å². The summed E-state index contributed by atoms with van der Waals surface area (Å²) in [5.41, 5.74) is 0.593. The molecule has 0 aliphatic rings. The summed E-state index contributed by atoms with van der Waals surface area (Å²) in [6.07, 6.45) is 1.43. The van der Waals surface area contributed by atoms with Crippen molar-refractivity contribution in [3.05, 3.63) is 65.0 Å². The molecule has 0 saturated heterocycles. The zero-order valence-corrected chi connectivity index (χ0v) is 12.4. The second-order valence-electron chi connectivity index (χ2n) is 4.83. The largest absolute Gasteiger partial charge is 0.351 e. The predicted molar refractivity (Wildman–Crippen MR) is 79.3 cm³/mol. The van der Waals surface area contributed by atoms with Gasteiger partial charge in [-0.15, -0.1) is 0 Å². The molecule has 23 heavy (non-hydrogen) atoms. The standard InChI is InChI=1S/C16H15F2N3O2/c1-10(22)20-8-12-7-11(5-6-19-12)16(23)21-9-13-14(17)3-2-4-15(13)18/h2-7H,8-9H2,1H3,(H,20,22)(H,21,23). The van der Waals surface area contributed by atoms with Crippen molar-refractivity contribution in [2.75, 3.05) is 0 Å². The fourth-order valence-corrected chi connectivity index (χ4v) is 1.90. The van der Waals surface area contributed by atoms with E-state index in [1.54, 1.807) is 0 Å². The highest BCUT2D eigenvalue weighted by atomic mass is 19.1. The minimum absolute atomic E-state index is 0.193. The molecule has 0 unspecified atom stereocenters. The number of aromatic nitrogens is 1. The molecule has 0 spiro atoms. The van der Waals surface area contributed by atoms with E-state index in [4.69, 9.17) is 0 Å². The predicted octanol–water partition coefficient (Wildman–Crippen LogP) is 1.93. The molecule has 0 atom stereocenters. The van der Waals surface area contributed by atoms with Gasteiger partial charge >= 0.3 is 0 Å². The Morgan fingerprint density at radius 3 is 2.43 bits per heavy atom. The van der Waals surface area contributed by atoms with Gasteiger partial charge in [-0.25, -0.2) is 8.78 Å². The van der Waals surface area contributed by atoms with Crippen LogP contribution in [-0.2, 0) is 17.9 Å². The van der Waals surface area contributed by atoms with Crippen molar-refractivity contribution in [3.63, 3.8) is 0 Å². The zero-order valence-electron chi connectivity index (χ0n) is 12.4. The molecule has 1 aromatic carbocycles. The van der Waals surface area contributed by atoms with E-state index in [1.807, 2.05) is 0 Å². The number of benzene rings is 1. The van der Waals surface area contributed by atoms with E-state index in [0.717, 1.165) is 12.1 Å². The molecule has 2 N–H and O–H groups in total. The molecule has 120 valence electrons. The van der Waals surface area contributed by atoms with Gasteiger partial charge in [-0.1, -0.05) is 6.07 Å². The van der Waals surface area contributed by atoms with Gasteiger partial charge in [0, 0.05) is 30.8 Å². The topological polar surface area (TPSA) is 71.1 Å². The van der Waals surface area contributed by atoms with Crippen LogP contribution in [0.2, 0.25) is 0 Å². The minimum atomic E-state index is -0.716. The average molecular weight is 319 g/mol. The Balaban J connectivity index is 2.03. The third-order valence-corrected chi connectivity index (χ3v) is 3.08. The van der Waals surface area contributed by atoms with Gasteiger partial charge in [-0.3, -0.25) is 14.6 Å². The first-order valence-electron chi connectivity index (χ1n) is 6.88. The number of carbonyl (C=O) groups excluding carboxylic acids is 2. The molecular formula is C16H15F2N3O2. The van der Waals surface area contributed by atoms with E-state index in [1.165, 1.54) is 31.3 Å². The Bertz CT molecular complexity index is 715. The van der Waals surface area contributed by atoms with Gasteiger partial charge in [0.05, 0.1) is 12.2 Å². The first-order valence-corrected chi connectivity index (χ1v) is 6.88. The van der Waals surface area contributed by atoms with Crippen molar-refractivity contribution in [2.24, 2.45) is 0 Å². The molecule has 7 heteroatoms. The molecule has 2 rings (SSSR count). The van der Waals surface area contributed by atoms with Crippen LogP contribution in [0.3, 0.4) is 0 Å². The van der Waals surface area contributed by atoms with E-state index >= 15 is 0 Å². The number of halogens is 2. The molecule has 0 saturated carbocycles. The van der Waals surface area contributed by atoms with Crippen molar-refractivity contribution in [1.82, 2.24) is 15.6 Å². The van der Waals surface area contributed by atoms with Crippen LogP contribution in [-0.4, -0.2) is 16.8 Å². The molecule has 1 heterocycles. The molecule has 5 nitrogen and oxygen atoms in total. The van der Waals surface area contributed by atoms with Gasteiger partial charge in [0.15, 0.2) is 0 Å². The molecule has 0 radical (unpaired) electrons. The zero-order chi connectivity index (χ0) is 16.8. The first-order chi connectivity index (χ1) is 11.0. The highest BCUT2D eigenvalue weighted by Crippen LogP contribution is 2.12. The van der Waals surface area contributed by atoms with Crippen LogP contribution in [0, 0.1) is 11.6 Å². The summed E-state index contributed by atoms with van der Waals surface area (Å²) in [5.74, 6) is -2.13. The second-order valence-corrected chi connectivity index (χ2v) is 4.83. The van der Waals surface area contributed by atoms with E-state index in [2.05, 4.69) is 15.6 Å². The van der Waals surface area contributed by atoms with E-state index < -0.39 is 17.5 Å². The van der Waals surface area contributed by atoms with Gasteiger partial charge < -0.3 is 10.6 Å². The number of nitrogens with one attached hydrogen (secondary N) is 2. The summed E-state index contributed by atoms with van der Waals surface area (Å²) in [5, 5.41) is 5.02. The molecule has 0 aliphatic heterocycles. The maximum atomic E-state index is 13.5. The number of amides is 2. The van der Waals surface area contributed by atoms with Crippen molar-refractivity contribution < 1.29 is 18.4 Å². The molecule has 0 aliphatic carbocycles. The van der Waals surface area contributed by atoms with Gasteiger partial charge in [0.1, 0.15) is 11.6 Å². The Hall–Kier alpha value is -2.83. The monoisotopic (exact) mass is 319 g/mol. The smallest absolute Gasteiger partial charge is 0.251 e. The first kappa shape index (κ1) is 16.5. The molecular weight excluding hydrogens is 304 g/mol. The van der Waals surface area contributed by atoms with Gasteiger partial charge in [-0.2, -0.15) is 0 Å². The van der Waals surface area contributed by atoms with E-state index in [9.17, 15) is 18.4 Å². The summed E-state index contributed by atoms with van der Waals surface area (Å²) < 4.78 is 27.0. The summed E-state index contributed by atoms with van der Waals surface area (Å²) in [7, 11) is 0. The summed E-state index contributed by atoms with van der Waals surface area (Å²) in [6.45, 7) is 1.30. The molecule has 0 bridgehead atoms. The molecule has 1 aromatic heterocycles. The maximum absolute atomic E-state index is 13.5. The number of nitrogens with zero attached hydrogens (tertiary/aromatic N) is 1. The Labute approximate surface area is 131 Å². The number of hydrogen-bond acceptors (Lipinski definition) is 3. The Morgan fingerprint density at radius 1 is 1.09 bits per heavy atom. The molecule has 0 fully saturated rings. The number of hydrogen-bond donors (Lipinski definition) is 2. The average Bonchev–Trinajstić information content (AvgIpc) is 2.52. The normalized spacial score (nSPS) is 10.2.